The van der Waals surface area contributed by atoms with Gasteiger partial charge in [0.25, 0.3) is 0 Å². The molecular formula is C11H15ClF3N3O2. The Morgan fingerprint density at radius 2 is 2.05 bits per heavy atom. The minimum absolute atomic E-state index is 0.231. The van der Waals surface area contributed by atoms with E-state index in [1.807, 2.05) is 5.32 Å². The van der Waals surface area contributed by atoms with Gasteiger partial charge in [-0.25, -0.2) is 4.79 Å². The van der Waals surface area contributed by atoms with Crippen LogP contribution in [0.1, 0.15) is 25.2 Å². The molecular weight excluding hydrogens is 299 g/mol. The first-order valence-corrected chi connectivity index (χ1v) is 6.19. The number of halogens is 4. The first kappa shape index (κ1) is 16.8. The zero-order chi connectivity index (χ0) is 15.7. The average Bonchev–Trinajstić information content (AvgIpc) is 2.60. The van der Waals surface area contributed by atoms with Crippen molar-refractivity contribution in [1.82, 2.24) is 15.1 Å². The summed E-state index contributed by atoms with van der Waals surface area (Å²) in [6.07, 6.45) is -4.93. The number of nitrogens with one attached hydrogen (secondary N) is 1. The van der Waals surface area contributed by atoms with Crippen LogP contribution in [0.25, 0.3) is 0 Å². The molecule has 0 saturated carbocycles. The van der Waals surface area contributed by atoms with Gasteiger partial charge in [-0.05, 0) is 20.8 Å². The number of carboxylic acids is 1. The summed E-state index contributed by atoms with van der Waals surface area (Å²) in [6.45, 7) is 4.02. The lowest BCUT2D eigenvalue weighted by molar-refractivity contribution is -0.206. The highest BCUT2D eigenvalue weighted by atomic mass is 35.5. The summed E-state index contributed by atoms with van der Waals surface area (Å²) in [5.41, 5.74) is -2.25. The summed E-state index contributed by atoms with van der Waals surface area (Å²) >= 11 is 5.96. The fourth-order valence-corrected chi connectivity index (χ4v) is 1.80. The minimum Gasteiger partial charge on any atom is -0.480 e. The summed E-state index contributed by atoms with van der Waals surface area (Å²) in [7, 11) is 0. The number of rotatable bonds is 5. The number of aliphatic carboxylic acids is 1. The number of alkyl halides is 3. The van der Waals surface area contributed by atoms with Crippen molar-refractivity contribution in [3.05, 3.63) is 16.4 Å². The highest BCUT2D eigenvalue weighted by molar-refractivity contribution is 6.31. The Kier molecular flexibility index (Phi) is 4.70. The van der Waals surface area contributed by atoms with E-state index >= 15 is 0 Å². The van der Waals surface area contributed by atoms with Gasteiger partial charge in [-0.15, -0.1) is 0 Å². The third-order valence-corrected chi connectivity index (χ3v) is 3.55. The number of aryl methyl sites for hydroxylation is 2. The van der Waals surface area contributed by atoms with Gasteiger partial charge < -0.3 is 5.11 Å². The molecule has 0 spiro atoms. The second-order valence-corrected chi connectivity index (χ2v) is 4.82. The minimum atomic E-state index is -4.93. The number of aromatic nitrogens is 2. The zero-order valence-corrected chi connectivity index (χ0v) is 11.9. The first-order valence-electron chi connectivity index (χ1n) is 5.81. The average molecular weight is 314 g/mol. The molecule has 1 heterocycles. The van der Waals surface area contributed by atoms with Crippen molar-refractivity contribution in [2.75, 3.05) is 0 Å². The standard InChI is InChI=1S/C11H15ClF3N3O2/c1-4-18-7(8(12)6(2)17-18)5-16-10(3,9(19)20)11(13,14)15/h16H,4-5H2,1-3H3,(H,19,20). The quantitative estimate of drug-likeness (QED) is 0.875. The fraction of sp³-hybridized carbons (Fsp3) is 0.636. The summed E-state index contributed by atoms with van der Waals surface area (Å²) in [4.78, 5) is 10.9. The normalized spacial score (nSPS) is 15.2. The first-order chi connectivity index (χ1) is 9.04. The summed E-state index contributed by atoms with van der Waals surface area (Å²) in [5.74, 6) is -2.00. The molecule has 1 atom stereocenters. The zero-order valence-electron chi connectivity index (χ0n) is 11.2. The Morgan fingerprint density at radius 1 is 1.50 bits per heavy atom. The molecule has 0 bridgehead atoms. The van der Waals surface area contributed by atoms with E-state index in [0.29, 0.717) is 24.9 Å². The van der Waals surface area contributed by atoms with Gasteiger partial charge in [0, 0.05) is 13.1 Å². The molecule has 0 amide bonds. The summed E-state index contributed by atoms with van der Waals surface area (Å²) in [6, 6.07) is 0. The number of carbonyl (C=O) groups is 1. The van der Waals surface area contributed by atoms with E-state index in [9.17, 15) is 18.0 Å². The Balaban J connectivity index is 3.03. The smallest absolute Gasteiger partial charge is 0.417 e. The lowest BCUT2D eigenvalue weighted by Gasteiger charge is -2.28. The van der Waals surface area contributed by atoms with Gasteiger partial charge in [-0.1, -0.05) is 11.6 Å². The van der Waals surface area contributed by atoms with Crippen LogP contribution in [0.3, 0.4) is 0 Å². The van der Waals surface area contributed by atoms with Crippen LogP contribution >= 0.6 is 11.6 Å². The van der Waals surface area contributed by atoms with Crippen molar-refractivity contribution in [2.45, 2.75) is 45.6 Å². The maximum absolute atomic E-state index is 12.8. The highest BCUT2D eigenvalue weighted by Crippen LogP contribution is 2.31. The van der Waals surface area contributed by atoms with Gasteiger partial charge in [-0.3, -0.25) is 10.00 Å². The molecule has 114 valence electrons. The van der Waals surface area contributed by atoms with Crippen LogP contribution in [0.15, 0.2) is 0 Å². The number of hydrogen-bond acceptors (Lipinski definition) is 3. The number of carboxylic acid groups (broad SMARTS) is 1. The van der Waals surface area contributed by atoms with Crippen molar-refractivity contribution in [3.8, 4) is 0 Å². The Labute approximate surface area is 118 Å². The molecule has 0 radical (unpaired) electrons. The third kappa shape index (κ3) is 2.90. The molecule has 9 heteroatoms. The molecule has 0 aliphatic carbocycles. The Bertz CT molecular complexity index is 516. The molecule has 0 saturated heterocycles. The van der Waals surface area contributed by atoms with Crippen LogP contribution in [-0.4, -0.2) is 32.6 Å². The molecule has 0 fully saturated rings. The van der Waals surface area contributed by atoms with E-state index in [1.54, 1.807) is 13.8 Å². The molecule has 0 aromatic carbocycles. The van der Waals surface area contributed by atoms with E-state index < -0.39 is 17.7 Å². The van der Waals surface area contributed by atoms with Gasteiger partial charge in [-0.2, -0.15) is 18.3 Å². The SMILES string of the molecule is CCn1nc(C)c(Cl)c1CNC(C)(C(=O)O)C(F)(F)F. The maximum atomic E-state index is 12.8. The lowest BCUT2D eigenvalue weighted by Crippen LogP contribution is -2.59. The molecule has 1 aromatic rings. The van der Waals surface area contributed by atoms with Gasteiger partial charge in [0.1, 0.15) is 0 Å². The van der Waals surface area contributed by atoms with Gasteiger partial charge in [0.15, 0.2) is 0 Å². The van der Waals surface area contributed by atoms with Crippen molar-refractivity contribution in [1.29, 1.82) is 0 Å². The van der Waals surface area contributed by atoms with Crippen LogP contribution in [0.2, 0.25) is 5.02 Å². The molecule has 1 rings (SSSR count). The van der Waals surface area contributed by atoms with Crippen molar-refractivity contribution >= 4 is 17.6 Å². The van der Waals surface area contributed by atoms with E-state index in [-0.39, 0.29) is 11.6 Å². The predicted octanol–water partition coefficient (Wildman–Crippen LogP) is 2.36. The molecule has 5 nitrogen and oxygen atoms in total. The van der Waals surface area contributed by atoms with E-state index in [4.69, 9.17) is 16.7 Å². The topological polar surface area (TPSA) is 67.2 Å². The van der Waals surface area contributed by atoms with Crippen molar-refractivity contribution in [3.63, 3.8) is 0 Å². The molecule has 2 N–H and O–H groups in total. The Morgan fingerprint density at radius 3 is 2.45 bits per heavy atom. The Hall–Kier alpha value is -1.28. The van der Waals surface area contributed by atoms with Gasteiger partial charge >= 0.3 is 12.1 Å². The predicted molar refractivity (Wildman–Crippen MR) is 66.6 cm³/mol. The third-order valence-electron chi connectivity index (χ3n) is 3.06. The van der Waals surface area contributed by atoms with E-state index in [1.165, 1.54) is 4.68 Å². The lowest BCUT2D eigenvalue weighted by atomic mass is 10.0. The van der Waals surface area contributed by atoms with Crippen LogP contribution in [0, 0.1) is 6.92 Å². The highest BCUT2D eigenvalue weighted by Gasteiger charge is 2.57. The summed E-state index contributed by atoms with van der Waals surface area (Å²) < 4.78 is 40.0. The molecule has 0 aliphatic heterocycles. The molecule has 1 unspecified atom stereocenters. The molecule has 1 aromatic heterocycles. The molecule has 20 heavy (non-hydrogen) atoms. The van der Waals surface area contributed by atoms with Gasteiger partial charge in [0.2, 0.25) is 5.54 Å². The van der Waals surface area contributed by atoms with Crippen LogP contribution in [-0.2, 0) is 17.9 Å². The number of nitrogens with zero attached hydrogens (tertiary/aromatic N) is 2. The largest absolute Gasteiger partial charge is 0.480 e. The number of hydrogen-bond donors (Lipinski definition) is 2. The van der Waals surface area contributed by atoms with Crippen LogP contribution in [0.5, 0.6) is 0 Å². The second kappa shape index (κ2) is 5.61. The van der Waals surface area contributed by atoms with Crippen molar-refractivity contribution < 1.29 is 23.1 Å². The molecule has 0 aliphatic rings. The van der Waals surface area contributed by atoms with Gasteiger partial charge in [0.05, 0.1) is 16.4 Å². The second-order valence-electron chi connectivity index (χ2n) is 4.44. The van der Waals surface area contributed by atoms with E-state index in [2.05, 4.69) is 5.10 Å². The maximum Gasteiger partial charge on any atom is 0.417 e. The van der Waals surface area contributed by atoms with Crippen LogP contribution in [0.4, 0.5) is 13.2 Å². The fourth-order valence-electron chi connectivity index (χ4n) is 1.60. The summed E-state index contributed by atoms with van der Waals surface area (Å²) in [5, 5.41) is 15.1. The monoisotopic (exact) mass is 313 g/mol. The van der Waals surface area contributed by atoms with E-state index in [0.717, 1.165) is 0 Å². The van der Waals surface area contributed by atoms with Crippen LogP contribution < -0.4 is 5.32 Å². The van der Waals surface area contributed by atoms with Crippen molar-refractivity contribution in [2.24, 2.45) is 0 Å².